The number of benzene rings is 2. The van der Waals surface area contributed by atoms with E-state index in [4.69, 9.17) is 5.21 Å². The molecule has 0 saturated carbocycles. The maximum absolute atomic E-state index is 13.4. The van der Waals surface area contributed by atoms with E-state index in [1.807, 2.05) is 4.90 Å². The van der Waals surface area contributed by atoms with Gasteiger partial charge in [0, 0.05) is 37.4 Å². The summed E-state index contributed by atoms with van der Waals surface area (Å²) < 4.78 is 13.2. The fraction of sp³-hybridized carbons (Fsp3) is 0.364. The minimum absolute atomic E-state index is 0.126. The smallest absolute Gasteiger partial charge is 0.322 e. The largest absolute Gasteiger partial charge is 0.324 e. The Morgan fingerprint density at radius 3 is 2.37 bits per heavy atom. The van der Waals surface area contributed by atoms with Crippen molar-refractivity contribution in [1.82, 2.24) is 15.3 Å². The van der Waals surface area contributed by atoms with E-state index in [2.05, 4.69) is 11.8 Å². The summed E-state index contributed by atoms with van der Waals surface area (Å²) in [7, 11) is 0. The standard InChI is InChI=1S/C22H27FN4O3/c1-2-25-10-12-26(13-11-25)22(29)27(20-5-3-4-18(14-20)15-23)16-17-6-8-19(9-7-17)21(28)24-30/h3-9,14,30H,2,10-13,15-16H2,1H3,(H,24,28). The molecule has 0 spiro atoms. The lowest BCUT2D eigenvalue weighted by atomic mass is 10.1. The molecule has 0 bridgehead atoms. The summed E-state index contributed by atoms with van der Waals surface area (Å²) in [5.74, 6) is -0.598. The highest BCUT2D eigenvalue weighted by Gasteiger charge is 2.26. The molecular formula is C22H27FN4O3. The van der Waals surface area contributed by atoms with Gasteiger partial charge in [0.15, 0.2) is 0 Å². The average Bonchev–Trinajstić information content (AvgIpc) is 2.82. The van der Waals surface area contributed by atoms with Crippen LogP contribution in [0.25, 0.3) is 0 Å². The van der Waals surface area contributed by atoms with Gasteiger partial charge in [0.05, 0.1) is 6.54 Å². The number of carbonyl (C=O) groups excluding carboxylic acids is 2. The van der Waals surface area contributed by atoms with Crippen LogP contribution in [0.1, 0.15) is 28.4 Å². The van der Waals surface area contributed by atoms with Crippen molar-refractivity contribution in [3.63, 3.8) is 0 Å². The number of hydroxylamine groups is 1. The Balaban J connectivity index is 1.84. The molecule has 1 fully saturated rings. The molecule has 1 saturated heterocycles. The van der Waals surface area contributed by atoms with Crippen LogP contribution in [-0.4, -0.2) is 59.7 Å². The Kier molecular flexibility index (Phi) is 7.37. The summed E-state index contributed by atoms with van der Waals surface area (Å²) in [5, 5.41) is 8.76. The number of anilines is 1. The Labute approximate surface area is 175 Å². The molecular weight excluding hydrogens is 387 g/mol. The van der Waals surface area contributed by atoms with Crippen LogP contribution in [-0.2, 0) is 13.2 Å². The van der Waals surface area contributed by atoms with E-state index in [9.17, 15) is 14.0 Å². The second kappa shape index (κ2) is 10.2. The first-order valence-corrected chi connectivity index (χ1v) is 10.0. The Morgan fingerprint density at radius 2 is 1.77 bits per heavy atom. The predicted molar refractivity (Wildman–Crippen MR) is 112 cm³/mol. The Hall–Kier alpha value is -2.97. The van der Waals surface area contributed by atoms with Crippen LogP contribution in [0.15, 0.2) is 48.5 Å². The number of hydrogen-bond donors (Lipinski definition) is 2. The minimum Gasteiger partial charge on any atom is -0.322 e. The van der Waals surface area contributed by atoms with Gasteiger partial charge >= 0.3 is 6.03 Å². The monoisotopic (exact) mass is 414 g/mol. The van der Waals surface area contributed by atoms with Gasteiger partial charge in [0.2, 0.25) is 0 Å². The number of urea groups is 1. The minimum atomic E-state index is -0.601. The molecule has 160 valence electrons. The van der Waals surface area contributed by atoms with E-state index in [1.165, 1.54) is 0 Å². The van der Waals surface area contributed by atoms with Crippen molar-refractivity contribution in [1.29, 1.82) is 0 Å². The molecule has 1 aliphatic rings. The first-order chi connectivity index (χ1) is 14.5. The third-order valence-corrected chi connectivity index (χ3v) is 5.36. The zero-order valence-electron chi connectivity index (χ0n) is 17.1. The van der Waals surface area contributed by atoms with Gasteiger partial charge in [0.25, 0.3) is 5.91 Å². The number of carbonyl (C=O) groups is 2. The molecule has 1 aliphatic heterocycles. The van der Waals surface area contributed by atoms with E-state index in [0.717, 1.165) is 25.2 Å². The van der Waals surface area contributed by atoms with Crippen molar-refractivity contribution in [2.75, 3.05) is 37.6 Å². The van der Waals surface area contributed by atoms with Gasteiger partial charge in [-0.05, 0) is 41.9 Å². The van der Waals surface area contributed by atoms with E-state index in [1.54, 1.807) is 58.9 Å². The maximum atomic E-state index is 13.4. The maximum Gasteiger partial charge on any atom is 0.324 e. The molecule has 2 aromatic carbocycles. The topological polar surface area (TPSA) is 76.1 Å². The number of likely N-dealkylation sites (N-methyl/N-ethyl adjacent to an activating group) is 1. The lowest BCUT2D eigenvalue weighted by molar-refractivity contribution is 0.0706. The van der Waals surface area contributed by atoms with Gasteiger partial charge in [-0.25, -0.2) is 14.7 Å². The van der Waals surface area contributed by atoms with Gasteiger partial charge in [-0.3, -0.25) is 14.9 Å². The normalized spacial score (nSPS) is 14.4. The number of hydrogen-bond acceptors (Lipinski definition) is 4. The number of piperazine rings is 1. The van der Waals surface area contributed by atoms with E-state index in [-0.39, 0.29) is 12.6 Å². The number of nitrogens with one attached hydrogen (secondary N) is 1. The van der Waals surface area contributed by atoms with Crippen LogP contribution in [0.4, 0.5) is 14.9 Å². The summed E-state index contributed by atoms with van der Waals surface area (Å²) in [4.78, 5) is 30.7. The van der Waals surface area contributed by atoms with Gasteiger partial charge in [-0.1, -0.05) is 31.2 Å². The van der Waals surface area contributed by atoms with Gasteiger partial charge < -0.3 is 9.80 Å². The quantitative estimate of drug-likeness (QED) is 0.563. The molecule has 1 heterocycles. The summed E-state index contributed by atoms with van der Waals surface area (Å²) in [5.41, 5.74) is 3.87. The molecule has 0 unspecified atom stereocenters. The van der Waals surface area contributed by atoms with Crippen LogP contribution >= 0.6 is 0 Å². The predicted octanol–water partition coefficient (Wildman–Crippen LogP) is 3.04. The van der Waals surface area contributed by atoms with Crippen molar-refractivity contribution in [3.05, 3.63) is 65.2 Å². The number of rotatable bonds is 6. The second-order valence-electron chi connectivity index (χ2n) is 7.23. The first kappa shape index (κ1) is 21.7. The molecule has 30 heavy (non-hydrogen) atoms. The molecule has 2 N–H and O–H groups in total. The van der Waals surface area contributed by atoms with E-state index in [0.29, 0.717) is 29.9 Å². The van der Waals surface area contributed by atoms with Crippen molar-refractivity contribution >= 4 is 17.6 Å². The first-order valence-electron chi connectivity index (χ1n) is 10.0. The summed E-state index contributed by atoms with van der Waals surface area (Å²) >= 11 is 0. The molecule has 2 aromatic rings. The Bertz CT molecular complexity index is 867. The van der Waals surface area contributed by atoms with Crippen LogP contribution in [0.2, 0.25) is 0 Å². The second-order valence-corrected chi connectivity index (χ2v) is 7.23. The molecule has 0 radical (unpaired) electrons. The molecule has 0 aromatic heterocycles. The highest BCUT2D eigenvalue weighted by molar-refractivity contribution is 5.94. The number of alkyl halides is 1. The fourth-order valence-electron chi connectivity index (χ4n) is 3.51. The average molecular weight is 414 g/mol. The third-order valence-electron chi connectivity index (χ3n) is 5.36. The van der Waals surface area contributed by atoms with E-state index < -0.39 is 12.6 Å². The van der Waals surface area contributed by atoms with Crippen LogP contribution in [0.5, 0.6) is 0 Å². The summed E-state index contributed by atoms with van der Waals surface area (Å²) in [6.07, 6.45) is 0. The number of halogens is 1. The van der Waals surface area contributed by atoms with Crippen LogP contribution < -0.4 is 10.4 Å². The highest BCUT2D eigenvalue weighted by Crippen LogP contribution is 2.22. The zero-order chi connectivity index (χ0) is 21.5. The fourth-order valence-corrected chi connectivity index (χ4v) is 3.51. The zero-order valence-corrected chi connectivity index (χ0v) is 17.1. The van der Waals surface area contributed by atoms with Crippen molar-refractivity contribution in [2.45, 2.75) is 20.1 Å². The molecule has 0 atom stereocenters. The van der Waals surface area contributed by atoms with Gasteiger partial charge in [0.1, 0.15) is 6.67 Å². The van der Waals surface area contributed by atoms with Crippen molar-refractivity contribution < 1.29 is 19.2 Å². The van der Waals surface area contributed by atoms with Crippen molar-refractivity contribution in [2.24, 2.45) is 0 Å². The molecule has 0 aliphatic carbocycles. The molecule has 3 amide bonds. The number of amides is 3. The van der Waals surface area contributed by atoms with E-state index >= 15 is 0 Å². The van der Waals surface area contributed by atoms with Gasteiger partial charge in [-0.2, -0.15) is 0 Å². The lowest BCUT2D eigenvalue weighted by Crippen LogP contribution is -2.52. The van der Waals surface area contributed by atoms with Crippen LogP contribution in [0, 0.1) is 0 Å². The van der Waals surface area contributed by atoms with Crippen LogP contribution in [0.3, 0.4) is 0 Å². The lowest BCUT2D eigenvalue weighted by Gasteiger charge is -2.37. The Morgan fingerprint density at radius 1 is 1.07 bits per heavy atom. The SMILES string of the molecule is CCN1CCN(C(=O)N(Cc2ccc(C(=O)NO)cc2)c2cccc(CF)c2)CC1. The highest BCUT2D eigenvalue weighted by atomic mass is 19.1. The molecule has 3 rings (SSSR count). The third kappa shape index (κ3) is 5.14. The van der Waals surface area contributed by atoms with Gasteiger partial charge in [-0.15, -0.1) is 0 Å². The molecule has 7 nitrogen and oxygen atoms in total. The number of nitrogens with zero attached hydrogens (tertiary/aromatic N) is 3. The summed E-state index contributed by atoms with van der Waals surface area (Å²) in [6.45, 7) is 5.67. The molecule has 8 heteroatoms. The summed E-state index contributed by atoms with van der Waals surface area (Å²) in [6, 6.07) is 13.4. The van der Waals surface area contributed by atoms with Crippen molar-refractivity contribution in [3.8, 4) is 0 Å².